The molecule has 0 aliphatic carbocycles. The molecule has 0 unspecified atom stereocenters. The first-order valence-corrected chi connectivity index (χ1v) is 5.66. The van der Waals surface area contributed by atoms with Gasteiger partial charge in [-0.2, -0.15) is 0 Å². The molecule has 1 rings (SSSR count). The summed E-state index contributed by atoms with van der Waals surface area (Å²) < 4.78 is 0. The summed E-state index contributed by atoms with van der Waals surface area (Å²) in [6.45, 7) is 5.16. The van der Waals surface area contributed by atoms with E-state index in [2.05, 4.69) is 23.9 Å². The molecule has 1 fully saturated rings. The van der Waals surface area contributed by atoms with Crippen LogP contribution in [-0.4, -0.2) is 50.1 Å². The molecule has 0 saturated carbocycles. The number of hydrogen-bond donors (Lipinski definition) is 0. The van der Waals surface area contributed by atoms with Crippen LogP contribution in [0.4, 0.5) is 0 Å². The molecule has 0 aromatic heterocycles. The largest absolute Gasteiger partial charge is 0.306 e. The normalized spacial score (nSPS) is 25.4. The molecule has 1 aliphatic rings. The summed E-state index contributed by atoms with van der Waals surface area (Å²) in [7, 11) is 4.50. The van der Waals surface area contributed by atoms with Gasteiger partial charge in [-0.15, -0.1) is 0 Å². The Morgan fingerprint density at radius 3 is 1.23 bits per heavy atom. The van der Waals surface area contributed by atoms with Gasteiger partial charge in [-0.05, 0) is 66.0 Å². The maximum absolute atomic E-state index is 2.48. The standard InChI is InChI=1S/C11H24N2/c1-12-8-4-3-5-9-13(2)11-7-6-10-12/h3-11H2,1-2H3. The Morgan fingerprint density at radius 1 is 0.538 bits per heavy atom. The van der Waals surface area contributed by atoms with E-state index in [1.807, 2.05) is 0 Å². The van der Waals surface area contributed by atoms with Gasteiger partial charge in [0.1, 0.15) is 0 Å². The van der Waals surface area contributed by atoms with Crippen molar-refractivity contribution in [2.45, 2.75) is 32.1 Å². The first-order valence-electron chi connectivity index (χ1n) is 5.66. The van der Waals surface area contributed by atoms with E-state index in [0.29, 0.717) is 0 Å². The third kappa shape index (κ3) is 5.27. The SMILES string of the molecule is CN1CCCCCN(C)CCCC1. The van der Waals surface area contributed by atoms with Gasteiger partial charge in [0.15, 0.2) is 0 Å². The zero-order valence-corrected chi connectivity index (χ0v) is 9.26. The van der Waals surface area contributed by atoms with E-state index >= 15 is 0 Å². The van der Waals surface area contributed by atoms with Crippen molar-refractivity contribution in [2.24, 2.45) is 0 Å². The molecule has 0 radical (unpaired) electrons. The van der Waals surface area contributed by atoms with Gasteiger partial charge < -0.3 is 9.80 Å². The van der Waals surface area contributed by atoms with Gasteiger partial charge in [-0.25, -0.2) is 0 Å². The van der Waals surface area contributed by atoms with Crippen LogP contribution in [-0.2, 0) is 0 Å². The highest BCUT2D eigenvalue weighted by Gasteiger charge is 2.03. The van der Waals surface area contributed by atoms with Crippen molar-refractivity contribution >= 4 is 0 Å². The molecular formula is C11H24N2. The van der Waals surface area contributed by atoms with Gasteiger partial charge >= 0.3 is 0 Å². The Kier molecular flexibility index (Phi) is 5.40. The van der Waals surface area contributed by atoms with Gasteiger partial charge in [-0.3, -0.25) is 0 Å². The van der Waals surface area contributed by atoms with E-state index in [9.17, 15) is 0 Å². The molecule has 1 aliphatic heterocycles. The van der Waals surface area contributed by atoms with Gasteiger partial charge in [0.2, 0.25) is 0 Å². The molecule has 0 N–H and O–H groups in total. The monoisotopic (exact) mass is 184 g/mol. The predicted molar refractivity (Wildman–Crippen MR) is 58.1 cm³/mol. The van der Waals surface area contributed by atoms with Crippen LogP contribution >= 0.6 is 0 Å². The van der Waals surface area contributed by atoms with Crippen molar-refractivity contribution in [2.75, 3.05) is 40.3 Å². The maximum atomic E-state index is 2.48. The van der Waals surface area contributed by atoms with Crippen LogP contribution in [0.3, 0.4) is 0 Å². The fourth-order valence-electron chi connectivity index (χ4n) is 1.93. The highest BCUT2D eigenvalue weighted by Crippen LogP contribution is 2.04. The van der Waals surface area contributed by atoms with E-state index in [1.165, 1.54) is 58.3 Å². The Bertz CT molecular complexity index is 111. The van der Waals surface area contributed by atoms with Crippen LogP contribution in [0.15, 0.2) is 0 Å². The van der Waals surface area contributed by atoms with Crippen molar-refractivity contribution in [3.05, 3.63) is 0 Å². The van der Waals surface area contributed by atoms with Gasteiger partial charge in [0, 0.05) is 0 Å². The smallest absolute Gasteiger partial charge is 0.00213 e. The Morgan fingerprint density at radius 2 is 0.846 bits per heavy atom. The lowest BCUT2D eigenvalue weighted by atomic mass is 10.2. The van der Waals surface area contributed by atoms with Gasteiger partial charge in [-0.1, -0.05) is 6.42 Å². The van der Waals surface area contributed by atoms with Crippen LogP contribution in [0.25, 0.3) is 0 Å². The summed E-state index contributed by atoms with van der Waals surface area (Å²) in [6.07, 6.45) is 6.88. The Hall–Kier alpha value is -0.0800. The highest BCUT2D eigenvalue weighted by atomic mass is 15.1. The topological polar surface area (TPSA) is 6.48 Å². The van der Waals surface area contributed by atoms with E-state index in [-0.39, 0.29) is 0 Å². The zero-order chi connectivity index (χ0) is 9.52. The highest BCUT2D eigenvalue weighted by molar-refractivity contribution is 4.59. The summed E-state index contributed by atoms with van der Waals surface area (Å²) in [5, 5.41) is 0. The summed E-state index contributed by atoms with van der Waals surface area (Å²) in [5.41, 5.74) is 0. The average molecular weight is 184 g/mol. The molecular weight excluding hydrogens is 160 g/mol. The van der Waals surface area contributed by atoms with Gasteiger partial charge in [0.05, 0.1) is 0 Å². The molecule has 0 spiro atoms. The molecule has 78 valence electrons. The van der Waals surface area contributed by atoms with Crippen molar-refractivity contribution < 1.29 is 0 Å². The molecule has 2 nitrogen and oxygen atoms in total. The van der Waals surface area contributed by atoms with Crippen LogP contribution < -0.4 is 0 Å². The lowest BCUT2D eigenvalue weighted by Crippen LogP contribution is -2.22. The van der Waals surface area contributed by atoms with Gasteiger partial charge in [0.25, 0.3) is 0 Å². The van der Waals surface area contributed by atoms with Crippen LogP contribution in [0.2, 0.25) is 0 Å². The zero-order valence-electron chi connectivity index (χ0n) is 9.26. The summed E-state index contributed by atoms with van der Waals surface area (Å²) in [5.74, 6) is 0. The quantitative estimate of drug-likeness (QED) is 0.566. The minimum Gasteiger partial charge on any atom is -0.306 e. The molecule has 0 atom stereocenters. The lowest BCUT2D eigenvalue weighted by Gasteiger charge is -2.16. The molecule has 0 amide bonds. The molecule has 1 saturated heterocycles. The van der Waals surface area contributed by atoms with E-state index in [1.54, 1.807) is 0 Å². The number of hydrogen-bond acceptors (Lipinski definition) is 2. The number of rotatable bonds is 0. The van der Waals surface area contributed by atoms with Crippen molar-refractivity contribution in [1.29, 1.82) is 0 Å². The lowest BCUT2D eigenvalue weighted by molar-refractivity contribution is 0.308. The second kappa shape index (κ2) is 6.39. The van der Waals surface area contributed by atoms with E-state index in [0.717, 1.165) is 0 Å². The first kappa shape index (κ1) is 11.0. The molecule has 0 aromatic carbocycles. The third-order valence-corrected chi connectivity index (χ3v) is 2.91. The Balaban J connectivity index is 2.22. The van der Waals surface area contributed by atoms with Crippen LogP contribution in [0.1, 0.15) is 32.1 Å². The Labute approximate surface area is 82.9 Å². The molecule has 2 heteroatoms. The van der Waals surface area contributed by atoms with Crippen molar-refractivity contribution in [3.63, 3.8) is 0 Å². The second-order valence-electron chi connectivity index (χ2n) is 4.37. The van der Waals surface area contributed by atoms with Crippen molar-refractivity contribution in [1.82, 2.24) is 9.80 Å². The summed E-state index contributed by atoms with van der Waals surface area (Å²) >= 11 is 0. The fourth-order valence-corrected chi connectivity index (χ4v) is 1.93. The van der Waals surface area contributed by atoms with E-state index < -0.39 is 0 Å². The average Bonchev–Trinajstić information content (AvgIpc) is 2.14. The predicted octanol–water partition coefficient (Wildman–Crippen LogP) is 1.81. The molecule has 1 heterocycles. The maximum Gasteiger partial charge on any atom is -0.00213 e. The summed E-state index contributed by atoms with van der Waals surface area (Å²) in [4.78, 5) is 4.96. The number of nitrogens with zero attached hydrogens (tertiary/aromatic N) is 2. The molecule has 0 aromatic rings. The minimum atomic E-state index is 1.29. The van der Waals surface area contributed by atoms with E-state index in [4.69, 9.17) is 0 Å². The summed E-state index contributed by atoms with van der Waals surface area (Å²) in [6, 6.07) is 0. The fraction of sp³-hybridized carbons (Fsp3) is 1.00. The second-order valence-corrected chi connectivity index (χ2v) is 4.37. The molecule has 13 heavy (non-hydrogen) atoms. The minimum absolute atomic E-state index is 1.29. The molecule has 0 bridgehead atoms. The van der Waals surface area contributed by atoms with Crippen molar-refractivity contribution in [3.8, 4) is 0 Å². The van der Waals surface area contributed by atoms with Crippen LogP contribution in [0, 0.1) is 0 Å². The van der Waals surface area contributed by atoms with Crippen LogP contribution in [0.5, 0.6) is 0 Å². The third-order valence-electron chi connectivity index (χ3n) is 2.91. The first-order chi connectivity index (χ1) is 6.29.